The Labute approximate surface area is 138 Å². The third-order valence-corrected chi connectivity index (χ3v) is 4.18. The summed E-state index contributed by atoms with van der Waals surface area (Å²) >= 11 is 0. The third kappa shape index (κ3) is 3.73. The van der Waals surface area contributed by atoms with E-state index in [0.717, 1.165) is 13.1 Å². The maximum atomic E-state index is 12.2. The monoisotopic (exact) mass is 335 g/mol. The zero-order valence-corrected chi connectivity index (χ0v) is 13.3. The lowest BCUT2D eigenvalue weighted by Crippen LogP contribution is -2.41. The molecule has 1 N–H and O–H groups in total. The first-order chi connectivity index (χ1) is 11.5. The zero-order valence-electron chi connectivity index (χ0n) is 13.3. The predicted molar refractivity (Wildman–Crippen MR) is 86.1 cm³/mol. The highest BCUT2D eigenvalue weighted by atomic mass is 19.3. The van der Waals surface area contributed by atoms with E-state index in [2.05, 4.69) is 32.5 Å². The van der Waals surface area contributed by atoms with E-state index in [1.165, 1.54) is 17.8 Å². The smallest absolute Gasteiger partial charge is 0.387 e. The number of rotatable bonds is 5. The number of nitrogens with one attached hydrogen (secondary N) is 1. The molecule has 1 aromatic carbocycles. The van der Waals surface area contributed by atoms with Gasteiger partial charge in [0.25, 0.3) is 0 Å². The fourth-order valence-corrected chi connectivity index (χ4v) is 2.95. The minimum Gasteiger partial charge on any atom is -0.435 e. The highest BCUT2D eigenvalue weighted by Crippen LogP contribution is 2.25. The molecule has 5 nitrogen and oxygen atoms in total. The highest BCUT2D eigenvalue weighted by molar-refractivity contribution is 5.92. The van der Waals surface area contributed by atoms with Crippen LogP contribution >= 0.6 is 0 Å². The Balaban J connectivity index is 1.56. The van der Waals surface area contributed by atoms with Crippen LogP contribution in [0, 0.1) is 0 Å². The number of ether oxygens (including phenoxy) is 1. The lowest BCUT2D eigenvalue weighted by atomic mass is 10.1. The van der Waals surface area contributed by atoms with Crippen LogP contribution in [0.25, 0.3) is 0 Å². The highest BCUT2D eigenvalue weighted by Gasteiger charge is 2.24. The number of hydrogen-bond acceptors (Lipinski definition) is 3. The van der Waals surface area contributed by atoms with Gasteiger partial charge in [-0.2, -0.15) is 8.78 Å². The van der Waals surface area contributed by atoms with Crippen molar-refractivity contribution in [2.24, 2.45) is 0 Å². The molecule has 1 aliphatic heterocycles. The van der Waals surface area contributed by atoms with E-state index in [0.29, 0.717) is 5.69 Å². The molecule has 2 aromatic rings. The number of carbonyl (C=O) groups excluding carboxylic acids is 1. The first-order valence-electron chi connectivity index (χ1n) is 7.77. The van der Waals surface area contributed by atoms with E-state index >= 15 is 0 Å². The molecule has 0 saturated carbocycles. The molecule has 128 valence electrons. The average Bonchev–Trinajstić information content (AvgIpc) is 3.01. The van der Waals surface area contributed by atoms with Crippen molar-refractivity contribution >= 4 is 11.6 Å². The number of fused-ring (bicyclic) bond motifs is 1. The maximum absolute atomic E-state index is 12.2. The Bertz CT molecular complexity index is 700. The molecule has 0 radical (unpaired) electrons. The van der Waals surface area contributed by atoms with Crippen LogP contribution in [-0.2, 0) is 11.3 Å². The number of alkyl halides is 2. The molecule has 1 aromatic heterocycles. The van der Waals surface area contributed by atoms with Gasteiger partial charge in [-0.1, -0.05) is 0 Å². The number of benzene rings is 1. The number of carbonyl (C=O) groups is 1. The van der Waals surface area contributed by atoms with Crippen LogP contribution in [0.5, 0.6) is 5.75 Å². The molecule has 0 fully saturated rings. The standard InChI is InChI=1S/C17H19F2N3O2/c1-12-15-3-2-8-21(15)9-10-22(12)11-16(23)20-13-4-6-14(7-5-13)24-17(18)19/h2-8,12,17H,9-11H2,1H3,(H,20,23). The van der Waals surface area contributed by atoms with Crippen molar-refractivity contribution in [3.8, 4) is 5.75 Å². The van der Waals surface area contributed by atoms with Gasteiger partial charge in [-0.15, -0.1) is 0 Å². The van der Waals surface area contributed by atoms with Crippen molar-refractivity contribution in [3.63, 3.8) is 0 Å². The molecule has 0 spiro atoms. The van der Waals surface area contributed by atoms with Gasteiger partial charge >= 0.3 is 6.61 Å². The molecule has 0 saturated heterocycles. The molecule has 1 atom stereocenters. The molecule has 1 amide bonds. The molecule has 2 heterocycles. The van der Waals surface area contributed by atoms with E-state index in [1.807, 2.05) is 12.3 Å². The van der Waals surface area contributed by atoms with Crippen LogP contribution in [-0.4, -0.2) is 35.1 Å². The summed E-state index contributed by atoms with van der Waals surface area (Å²) in [5.74, 6) is -0.0715. The normalized spacial score (nSPS) is 17.6. The van der Waals surface area contributed by atoms with Gasteiger partial charge < -0.3 is 14.6 Å². The summed E-state index contributed by atoms with van der Waals surface area (Å²) < 4.78 is 30.7. The van der Waals surface area contributed by atoms with Crippen molar-refractivity contribution < 1.29 is 18.3 Å². The van der Waals surface area contributed by atoms with Crippen LogP contribution < -0.4 is 10.1 Å². The van der Waals surface area contributed by atoms with E-state index in [4.69, 9.17) is 0 Å². The zero-order chi connectivity index (χ0) is 17.1. The molecule has 1 unspecified atom stereocenters. The number of amides is 1. The average molecular weight is 335 g/mol. The molecule has 1 aliphatic rings. The SMILES string of the molecule is CC1c2cccn2CCN1CC(=O)Nc1ccc(OC(F)F)cc1. The van der Waals surface area contributed by atoms with Crippen LogP contribution in [0.2, 0.25) is 0 Å². The summed E-state index contributed by atoms with van der Waals surface area (Å²) in [4.78, 5) is 14.3. The lowest BCUT2D eigenvalue weighted by molar-refractivity contribution is -0.118. The molecular formula is C17H19F2N3O2. The molecule has 3 rings (SSSR count). The summed E-state index contributed by atoms with van der Waals surface area (Å²) in [5, 5.41) is 2.78. The third-order valence-electron chi connectivity index (χ3n) is 4.18. The van der Waals surface area contributed by atoms with E-state index in [-0.39, 0.29) is 24.2 Å². The maximum Gasteiger partial charge on any atom is 0.387 e. The van der Waals surface area contributed by atoms with Gasteiger partial charge in [0.1, 0.15) is 5.75 Å². The minimum absolute atomic E-state index is 0.0633. The second-order valence-electron chi connectivity index (χ2n) is 5.72. The Hall–Kier alpha value is -2.41. The molecule has 0 aliphatic carbocycles. The molecule has 7 heteroatoms. The van der Waals surface area contributed by atoms with E-state index in [1.54, 1.807) is 12.1 Å². The van der Waals surface area contributed by atoms with Gasteiger partial charge in [0.15, 0.2) is 0 Å². The minimum atomic E-state index is -2.86. The van der Waals surface area contributed by atoms with Crippen molar-refractivity contribution in [2.75, 3.05) is 18.4 Å². The second kappa shape index (κ2) is 7.00. The fraction of sp³-hybridized carbons (Fsp3) is 0.353. The van der Waals surface area contributed by atoms with E-state index < -0.39 is 6.61 Å². The largest absolute Gasteiger partial charge is 0.435 e. The second-order valence-corrected chi connectivity index (χ2v) is 5.72. The number of halogens is 2. The molecular weight excluding hydrogens is 316 g/mol. The number of nitrogens with zero attached hydrogens (tertiary/aromatic N) is 2. The van der Waals surface area contributed by atoms with Gasteiger partial charge in [-0.3, -0.25) is 9.69 Å². The molecule has 0 bridgehead atoms. The Kier molecular flexibility index (Phi) is 4.80. The topological polar surface area (TPSA) is 46.5 Å². The van der Waals surface area contributed by atoms with Crippen LogP contribution in [0.1, 0.15) is 18.7 Å². The summed E-state index contributed by atoms with van der Waals surface area (Å²) in [7, 11) is 0. The molecule has 24 heavy (non-hydrogen) atoms. The van der Waals surface area contributed by atoms with Crippen LogP contribution in [0.15, 0.2) is 42.6 Å². The van der Waals surface area contributed by atoms with Crippen LogP contribution in [0.4, 0.5) is 14.5 Å². The first kappa shape index (κ1) is 16.4. The van der Waals surface area contributed by atoms with Crippen LogP contribution in [0.3, 0.4) is 0 Å². The predicted octanol–water partition coefficient (Wildman–Crippen LogP) is 3.10. The summed E-state index contributed by atoms with van der Waals surface area (Å²) in [6.45, 7) is 1.16. The van der Waals surface area contributed by atoms with E-state index in [9.17, 15) is 13.6 Å². The van der Waals surface area contributed by atoms with Gasteiger partial charge in [0, 0.05) is 36.7 Å². The van der Waals surface area contributed by atoms with Crippen molar-refractivity contribution in [2.45, 2.75) is 26.1 Å². The summed E-state index contributed by atoms with van der Waals surface area (Å²) in [6, 6.07) is 10.1. The Morgan fingerprint density at radius 2 is 2.04 bits per heavy atom. The Morgan fingerprint density at radius 1 is 1.29 bits per heavy atom. The van der Waals surface area contributed by atoms with Gasteiger partial charge in [0.2, 0.25) is 5.91 Å². The quantitative estimate of drug-likeness (QED) is 0.913. The number of anilines is 1. The lowest BCUT2D eigenvalue weighted by Gasteiger charge is -2.34. The van der Waals surface area contributed by atoms with Gasteiger partial charge in [0.05, 0.1) is 6.54 Å². The Morgan fingerprint density at radius 3 is 2.75 bits per heavy atom. The number of hydrogen-bond donors (Lipinski definition) is 1. The fourth-order valence-electron chi connectivity index (χ4n) is 2.95. The van der Waals surface area contributed by atoms with Crippen molar-refractivity contribution in [1.29, 1.82) is 0 Å². The summed E-state index contributed by atoms with van der Waals surface area (Å²) in [6.07, 6.45) is 2.05. The summed E-state index contributed by atoms with van der Waals surface area (Å²) in [5.41, 5.74) is 1.75. The van der Waals surface area contributed by atoms with Gasteiger partial charge in [-0.25, -0.2) is 0 Å². The first-order valence-corrected chi connectivity index (χ1v) is 7.77. The van der Waals surface area contributed by atoms with Crippen molar-refractivity contribution in [1.82, 2.24) is 9.47 Å². The van der Waals surface area contributed by atoms with Gasteiger partial charge in [-0.05, 0) is 43.3 Å². The van der Waals surface area contributed by atoms with Crippen molar-refractivity contribution in [3.05, 3.63) is 48.3 Å². The number of aromatic nitrogens is 1.